The average molecular weight is 313 g/mol. The van der Waals surface area contributed by atoms with Gasteiger partial charge in [-0.3, -0.25) is 0 Å². The summed E-state index contributed by atoms with van der Waals surface area (Å²) in [5.41, 5.74) is 3.79. The number of rotatable bonds is 1. The molecule has 1 aliphatic heterocycles. The Hall–Kier alpha value is -1.63. The topological polar surface area (TPSA) is 29.9 Å². The number of hydrogen-bond acceptors (Lipinski definition) is 3. The van der Waals surface area contributed by atoms with Crippen LogP contribution in [0, 0.1) is 10.7 Å². The normalized spacial score (nSPS) is 18.4. The summed E-state index contributed by atoms with van der Waals surface area (Å²) < 4.78 is 40.7. The smallest absolute Gasteiger partial charge is 0.323 e. The molecule has 0 amide bonds. The minimum atomic E-state index is -4.36. The van der Waals surface area contributed by atoms with Gasteiger partial charge >= 0.3 is 6.18 Å². The van der Waals surface area contributed by atoms with E-state index in [1.165, 1.54) is 12.1 Å². The number of benzene rings is 1. The van der Waals surface area contributed by atoms with Crippen LogP contribution in [0.4, 0.5) is 13.2 Å². The lowest BCUT2D eigenvalue weighted by Gasteiger charge is -2.28. The lowest BCUT2D eigenvalue weighted by atomic mass is 9.96. The standard InChI is InChI=1S/C14H14F3N3S/c1-2-8-5-12-10-6-9(14(15,16)17)3-4-11(10)19-13(21)20(12)18-7-8/h3-4,6,8,18H,2,5,7H2,1H3. The Balaban J connectivity index is 2.26. The SMILES string of the molecule is CCC1CNn2c(c3cc(C(F)(F)F)ccc3nc2=S)C1. The van der Waals surface area contributed by atoms with Crippen LogP contribution >= 0.6 is 12.2 Å². The Labute approximate surface area is 124 Å². The van der Waals surface area contributed by atoms with Gasteiger partial charge in [0.1, 0.15) is 0 Å². The molecule has 1 aromatic heterocycles. The number of nitrogens with zero attached hydrogens (tertiary/aromatic N) is 2. The fraction of sp³-hybridized carbons (Fsp3) is 0.429. The number of aromatic nitrogens is 2. The third kappa shape index (κ3) is 2.50. The van der Waals surface area contributed by atoms with Gasteiger partial charge in [-0.25, -0.2) is 9.66 Å². The van der Waals surface area contributed by atoms with E-state index in [2.05, 4.69) is 17.3 Å². The zero-order valence-electron chi connectivity index (χ0n) is 11.4. The Kier molecular flexibility index (Phi) is 3.39. The summed E-state index contributed by atoms with van der Waals surface area (Å²) in [7, 11) is 0. The molecule has 0 saturated heterocycles. The molecule has 0 fully saturated rings. The van der Waals surface area contributed by atoms with Crippen LogP contribution in [-0.2, 0) is 12.6 Å². The second-order valence-corrected chi connectivity index (χ2v) is 5.61. The highest BCUT2D eigenvalue weighted by molar-refractivity contribution is 7.71. The number of fused-ring (bicyclic) bond motifs is 3. The zero-order chi connectivity index (χ0) is 15.2. The van der Waals surface area contributed by atoms with Crippen molar-refractivity contribution in [2.75, 3.05) is 12.0 Å². The molecule has 1 atom stereocenters. The van der Waals surface area contributed by atoms with E-state index in [1.807, 2.05) is 0 Å². The van der Waals surface area contributed by atoms with E-state index < -0.39 is 11.7 Å². The first-order valence-corrected chi connectivity index (χ1v) is 7.17. The van der Waals surface area contributed by atoms with Gasteiger partial charge in [-0.2, -0.15) is 13.2 Å². The molecule has 1 unspecified atom stereocenters. The van der Waals surface area contributed by atoms with E-state index in [-0.39, 0.29) is 0 Å². The molecule has 112 valence electrons. The molecule has 0 aliphatic carbocycles. The van der Waals surface area contributed by atoms with Gasteiger partial charge in [0.15, 0.2) is 0 Å². The molecule has 2 aromatic rings. The van der Waals surface area contributed by atoms with Crippen molar-refractivity contribution in [3.05, 3.63) is 34.2 Å². The fourth-order valence-corrected chi connectivity index (χ4v) is 2.92. The second kappa shape index (κ2) is 4.98. The Morgan fingerprint density at radius 2 is 2.19 bits per heavy atom. The largest absolute Gasteiger partial charge is 0.416 e. The third-order valence-electron chi connectivity index (χ3n) is 3.91. The molecule has 7 heteroatoms. The lowest BCUT2D eigenvalue weighted by molar-refractivity contribution is -0.137. The molecule has 3 rings (SSSR count). The minimum absolute atomic E-state index is 0.354. The Morgan fingerprint density at radius 1 is 1.43 bits per heavy atom. The predicted octanol–water partition coefficient (Wildman–Crippen LogP) is 3.91. The van der Waals surface area contributed by atoms with E-state index >= 15 is 0 Å². The molecule has 0 radical (unpaired) electrons. The van der Waals surface area contributed by atoms with Crippen molar-refractivity contribution in [2.24, 2.45) is 5.92 Å². The van der Waals surface area contributed by atoms with Gasteiger partial charge in [0, 0.05) is 11.9 Å². The summed E-state index contributed by atoms with van der Waals surface area (Å²) in [5.74, 6) is 0.388. The van der Waals surface area contributed by atoms with Crippen LogP contribution in [0.5, 0.6) is 0 Å². The van der Waals surface area contributed by atoms with Crippen LogP contribution in [-0.4, -0.2) is 16.2 Å². The average Bonchev–Trinajstić information content (AvgIpc) is 2.45. The lowest BCUT2D eigenvalue weighted by Crippen LogP contribution is -2.33. The summed E-state index contributed by atoms with van der Waals surface area (Å²) >= 11 is 5.21. The van der Waals surface area contributed by atoms with Crippen LogP contribution in [0.15, 0.2) is 18.2 Å². The first-order chi connectivity index (χ1) is 9.90. The van der Waals surface area contributed by atoms with Crippen LogP contribution in [0.2, 0.25) is 0 Å². The maximum atomic E-state index is 12.9. The molecule has 0 spiro atoms. The van der Waals surface area contributed by atoms with Crippen LogP contribution in [0.3, 0.4) is 0 Å². The van der Waals surface area contributed by atoms with Crippen LogP contribution < -0.4 is 5.43 Å². The van der Waals surface area contributed by atoms with E-state index in [0.29, 0.717) is 28.0 Å². The molecule has 1 aliphatic rings. The summed E-state index contributed by atoms with van der Waals surface area (Å²) in [6.45, 7) is 2.82. The van der Waals surface area contributed by atoms with Crippen molar-refractivity contribution < 1.29 is 13.2 Å². The molecule has 1 aromatic carbocycles. The monoisotopic (exact) mass is 313 g/mol. The summed E-state index contributed by atoms with van der Waals surface area (Å²) in [6.07, 6.45) is -2.69. The van der Waals surface area contributed by atoms with Crippen LogP contribution in [0.1, 0.15) is 24.6 Å². The fourth-order valence-electron chi connectivity index (χ4n) is 2.65. The number of halogens is 3. The molecule has 1 N–H and O–H groups in total. The van der Waals surface area contributed by atoms with Crippen LogP contribution in [0.25, 0.3) is 10.9 Å². The van der Waals surface area contributed by atoms with Gasteiger partial charge in [0.25, 0.3) is 0 Å². The quantitative estimate of drug-likeness (QED) is 0.810. The van der Waals surface area contributed by atoms with Crippen molar-refractivity contribution in [2.45, 2.75) is 25.9 Å². The highest BCUT2D eigenvalue weighted by Crippen LogP contribution is 2.33. The number of hydrogen-bond donors (Lipinski definition) is 1. The highest BCUT2D eigenvalue weighted by atomic mass is 32.1. The molecular weight excluding hydrogens is 299 g/mol. The van der Waals surface area contributed by atoms with Gasteiger partial charge in [-0.15, -0.1) is 0 Å². The second-order valence-electron chi connectivity index (χ2n) is 5.25. The van der Waals surface area contributed by atoms with Gasteiger partial charge in [0.05, 0.1) is 16.8 Å². The predicted molar refractivity (Wildman–Crippen MR) is 77.3 cm³/mol. The number of nitrogens with one attached hydrogen (secondary N) is 1. The maximum Gasteiger partial charge on any atom is 0.416 e. The van der Waals surface area contributed by atoms with Gasteiger partial charge in [-0.1, -0.05) is 13.3 Å². The van der Waals surface area contributed by atoms with E-state index in [4.69, 9.17) is 12.2 Å². The third-order valence-corrected chi connectivity index (χ3v) is 4.18. The van der Waals surface area contributed by atoms with Gasteiger partial charge < -0.3 is 5.43 Å². The van der Waals surface area contributed by atoms with Gasteiger partial charge in [0.2, 0.25) is 4.77 Å². The molecule has 2 heterocycles. The molecule has 21 heavy (non-hydrogen) atoms. The minimum Gasteiger partial charge on any atom is -0.323 e. The van der Waals surface area contributed by atoms with Crippen molar-refractivity contribution in [1.82, 2.24) is 9.66 Å². The van der Waals surface area contributed by atoms with Crippen molar-refractivity contribution in [3.63, 3.8) is 0 Å². The first-order valence-electron chi connectivity index (χ1n) is 6.77. The summed E-state index contributed by atoms with van der Waals surface area (Å²) in [5, 5.41) is 0.518. The molecular formula is C14H14F3N3S. The Bertz CT molecular complexity index is 751. The summed E-state index contributed by atoms with van der Waals surface area (Å²) in [6, 6.07) is 3.61. The van der Waals surface area contributed by atoms with E-state index in [0.717, 1.165) is 24.7 Å². The van der Waals surface area contributed by atoms with E-state index in [9.17, 15) is 13.2 Å². The first kappa shape index (κ1) is 14.3. The Morgan fingerprint density at radius 3 is 2.86 bits per heavy atom. The van der Waals surface area contributed by atoms with Crippen molar-refractivity contribution >= 4 is 23.1 Å². The van der Waals surface area contributed by atoms with Crippen molar-refractivity contribution in [3.8, 4) is 0 Å². The maximum absolute atomic E-state index is 12.9. The summed E-state index contributed by atoms with van der Waals surface area (Å²) in [4.78, 5) is 4.21. The highest BCUT2D eigenvalue weighted by Gasteiger charge is 2.31. The molecule has 3 nitrogen and oxygen atoms in total. The van der Waals surface area contributed by atoms with E-state index in [1.54, 1.807) is 4.68 Å². The molecule has 0 saturated carbocycles. The van der Waals surface area contributed by atoms with Gasteiger partial charge in [-0.05, 0) is 42.8 Å². The molecule has 0 bridgehead atoms. The van der Waals surface area contributed by atoms with Crippen molar-refractivity contribution in [1.29, 1.82) is 0 Å². The number of alkyl halides is 3. The zero-order valence-corrected chi connectivity index (χ0v) is 12.2.